The lowest BCUT2D eigenvalue weighted by atomic mass is 9.75. The van der Waals surface area contributed by atoms with Crippen LogP contribution in [0.15, 0.2) is 0 Å². The zero-order valence-corrected chi connectivity index (χ0v) is 11.2. The van der Waals surface area contributed by atoms with Crippen LogP contribution in [-0.2, 0) is 4.79 Å². The normalized spacial score (nSPS) is 22.9. The molecule has 0 unspecified atom stereocenters. The molecule has 4 heteroatoms. The first-order valence-corrected chi connectivity index (χ1v) is 6.80. The Morgan fingerprint density at radius 1 is 1.24 bits per heavy atom. The fourth-order valence-corrected chi connectivity index (χ4v) is 2.85. The van der Waals surface area contributed by atoms with Gasteiger partial charge in [-0.25, -0.2) is 0 Å². The molecule has 4 nitrogen and oxygen atoms in total. The largest absolute Gasteiger partial charge is 0.342 e. The molecule has 0 aromatic rings. The van der Waals surface area contributed by atoms with E-state index in [4.69, 9.17) is 0 Å². The fraction of sp³-hybridized carbons (Fsp3) is 0.923. The molecule has 0 bridgehead atoms. The Kier molecular flexibility index (Phi) is 4.05. The molecule has 2 aliphatic rings. The first kappa shape index (κ1) is 12.8. The lowest BCUT2D eigenvalue weighted by Gasteiger charge is -2.47. The summed E-state index contributed by atoms with van der Waals surface area (Å²) in [6.45, 7) is 3.37. The second kappa shape index (κ2) is 5.36. The van der Waals surface area contributed by atoms with Gasteiger partial charge < -0.3 is 15.1 Å². The molecular formula is C13H25N3O. The van der Waals surface area contributed by atoms with Crippen LogP contribution in [0, 0.1) is 0 Å². The molecule has 1 heterocycles. The summed E-state index contributed by atoms with van der Waals surface area (Å²) in [5.74, 6) is 0.274. The van der Waals surface area contributed by atoms with Crippen molar-refractivity contribution in [2.45, 2.75) is 37.6 Å². The van der Waals surface area contributed by atoms with Gasteiger partial charge in [0, 0.05) is 25.2 Å². The van der Waals surface area contributed by atoms with Gasteiger partial charge in [-0.1, -0.05) is 0 Å². The number of likely N-dealkylation sites (N-methyl/N-ethyl adjacent to an activating group) is 1. The van der Waals surface area contributed by atoms with Crippen LogP contribution in [0.2, 0.25) is 0 Å². The molecule has 1 N–H and O–H groups in total. The molecule has 0 aromatic carbocycles. The Balaban J connectivity index is 1.70. The summed E-state index contributed by atoms with van der Waals surface area (Å²) in [4.78, 5) is 16.1. The highest BCUT2D eigenvalue weighted by Crippen LogP contribution is 2.35. The minimum Gasteiger partial charge on any atom is -0.342 e. The van der Waals surface area contributed by atoms with Crippen LogP contribution in [0.25, 0.3) is 0 Å². The van der Waals surface area contributed by atoms with E-state index in [9.17, 15) is 4.79 Å². The van der Waals surface area contributed by atoms with E-state index >= 15 is 0 Å². The lowest BCUT2D eigenvalue weighted by Crippen LogP contribution is -2.57. The zero-order valence-electron chi connectivity index (χ0n) is 11.2. The third-order valence-electron chi connectivity index (χ3n) is 4.42. The topological polar surface area (TPSA) is 35.6 Å². The van der Waals surface area contributed by atoms with E-state index in [1.165, 1.54) is 32.1 Å². The summed E-state index contributed by atoms with van der Waals surface area (Å²) in [5.41, 5.74) is 0.311. The first-order valence-electron chi connectivity index (χ1n) is 6.80. The van der Waals surface area contributed by atoms with Crippen LogP contribution in [-0.4, -0.2) is 61.5 Å². The molecule has 1 saturated carbocycles. The summed E-state index contributed by atoms with van der Waals surface area (Å²) >= 11 is 0. The van der Waals surface area contributed by atoms with Crippen LogP contribution in [0.3, 0.4) is 0 Å². The highest BCUT2D eigenvalue weighted by Gasteiger charge is 2.38. The van der Waals surface area contributed by atoms with E-state index in [0.717, 1.165) is 19.6 Å². The highest BCUT2D eigenvalue weighted by atomic mass is 16.2. The summed E-state index contributed by atoms with van der Waals surface area (Å²) in [6.07, 6.45) is 6.18. The van der Waals surface area contributed by atoms with E-state index in [1.54, 1.807) is 0 Å². The van der Waals surface area contributed by atoms with Crippen molar-refractivity contribution in [3.63, 3.8) is 0 Å². The molecule has 0 spiro atoms. The van der Waals surface area contributed by atoms with Crippen LogP contribution < -0.4 is 5.32 Å². The van der Waals surface area contributed by atoms with Gasteiger partial charge >= 0.3 is 0 Å². The lowest BCUT2D eigenvalue weighted by molar-refractivity contribution is -0.129. The second-order valence-electron chi connectivity index (χ2n) is 5.66. The third-order valence-corrected chi connectivity index (χ3v) is 4.42. The highest BCUT2D eigenvalue weighted by molar-refractivity contribution is 5.78. The van der Waals surface area contributed by atoms with Gasteiger partial charge in [-0.2, -0.15) is 0 Å². The molecule has 98 valence electrons. The molecule has 1 aliphatic carbocycles. The van der Waals surface area contributed by atoms with Gasteiger partial charge in [-0.3, -0.25) is 4.79 Å². The molecule has 2 fully saturated rings. The van der Waals surface area contributed by atoms with Crippen LogP contribution in [0.1, 0.15) is 32.1 Å². The summed E-state index contributed by atoms with van der Waals surface area (Å²) < 4.78 is 0. The molecule has 0 atom stereocenters. The SMILES string of the molecule is CN(C)C1(CNCC(=O)N2CCCC2)CCC1. The molecule has 0 aromatic heterocycles. The summed E-state index contributed by atoms with van der Waals surface area (Å²) in [6, 6.07) is 0. The monoisotopic (exact) mass is 239 g/mol. The molecule has 1 aliphatic heterocycles. The van der Waals surface area contributed by atoms with Crippen molar-refractivity contribution in [2.75, 3.05) is 40.3 Å². The van der Waals surface area contributed by atoms with E-state index < -0.39 is 0 Å². The minimum absolute atomic E-state index is 0.274. The van der Waals surface area contributed by atoms with Gasteiger partial charge in [0.25, 0.3) is 0 Å². The summed E-state index contributed by atoms with van der Waals surface area (Å²) in [5, 5.41) is 3.35. The molecule has 0 radical (unpaired) electrons. The van der Waals surface area contributed by atoms with Crippen molar-refractivity contribution in [3.8, 4) is 0 Å². The molecule has 2 rings (SSSR count). The molecule has 17 heavy (non-hydrogen) atoms. The van der Waals surface area contributed by atoms with Gasteiger partial charge in [-0.05, 0) is 46.2 Å². The van der Waals surface area contributed by atoms with Crippen molar-refractivity contribution in [3.05, 3.63) is 0 Å². The van der Waals surface area contributed by atoms with E-state index in [-0.39, 0.29) is 5.91 Å². The Morgan fingerprint density at radius 3 is 2.35 bits per heavy atom. The number of carbonyl (C=O) groups is 1. The summed E-state index contributed by atoms with van der Waals surface area (Å²) in [7, 11) is 4.28. The van der Waals surface area contributed by atoms with Gasteiger partial charge in [0.05, 0.1) is 6.54 Å². The number of amides is 1. The predicted octanol–water partition coefficient (Wildman–Crippen LogP) is 0.683. The molecule has 1 saturated heterocycles. The Hall–Kier alpha value is -0.610. The number of hydrogen-bond donors (Lipinski definition) is 1. The van der Waals surface area contributed by atoms with E-state index in [1.807, 2.05) is 4.90 Å². The third kappa shape index (κ3) is 2.80. The molecule has 1 amide bonds. The van der Waals surface area contributed by atoms with Crippen molar-refractivity contribution >= 4 is 5.91 Å². The zero-order chi connectivity index (χ0) is 12.3. The number of rotatable bonds is 5. The second-order valence-corrected chi connectivity index (χ2v) is 5.66. The van der Waals surface area contributed by atoms with Crippen molar-refractivity contribution < 1.29 is 4.79 Å². The molecular weight excluding hydrogens is 214 g/mol. The van der Waals surface area contributed by atoms with E-state index in [2.05, 4.69) is 24.3 Å². The van der Waals surface area contributed by atoms with E-state index in [0.29, 0.717) is 12.1 Å². The Labute approximate surface area is 104 Å². The number of carbonyl (C=O) groups excluding carboxylic acids is 1. The maximum absolute atomic E-state index is 11.9. The first-order chi connectivity index (χ1) is 8.14. The maximum atomic E-state index is 11.9. The van der Waals surface area contributed by atoms with Gasteiger partial charge in [-0.15, -0.1) is 0 Å². The van der Waals surface area contributed by atoms with Gasteiger partial charge in [0.15, 0.2) is 0 Å². The number of hydrogen-bond acceptors (Lipinski definition) is 3. The Bertz CT molecular complexity index is 268. The van der Waals surface area contributed by atoms with Crippen LogP contribution in [0.5, 0.6) is 0 Å². The van der Waals surface area contributed by atoms with Crippen LogP contribution in [0.4, 0.5) is 0 Å². The number of nitrogens with one attached hydrogen (secondary N) is 1. The van der Waals surface area contributed by atoms with Crippen molar-refractivity contribution in [1.82, 2.24) is 15.1 Å². The quantitative estimate of drug-likeness (QED) is 0.766. The standard InChI is InChI=1S/C13H25N3O/c1-15(2)13(6-5-7-13)11-14-10-12(17)16-8-3-4-9-16/h14H,3-11H2,1-2H3. The number of nitrogens with zero attached hydrogens (tertiary/aromatic N) is 2. The smallest absolute Gasteiger partial charge is 0.236 e. The minimum atomic E-state index is 0.274. The number of likely N-dealkylation sites (tertiary alicyclic amines) is 1. The average molecular weight is 239 g/mol. The maximum Gasteiger partial charge on any atom is 0.236 e. The van der Waals surface area contributed by atoms with Crippen molar-refractivity contribution in [1.29, 1.82) is 0 Å². The predicted molar refractivity (Wildman–Crippen MR) is 69.0 cm³/mol. The van der Waals surface area contributed by atoms with Crippen LogP contribution >= 0.6 is 0 Å². The fourth-order valence-electron chi connectivity index (χ4n) is 2.85. The average Bonchev–Trinajstić information content (AvgIpc) is 2.74. The van der Waals surface area contributed by atoms with Gasteiger partial charge in [0.1, 0.15) is 0 Å². The Morgan fingerprint density at radius 2 is 1.88 bits per heavy atom. The van der Waals surface area contributed by atoms with Gasteiger partial charge in [0.2, 0.25) is 5.91 Å². The van der Waals surface area contributed by atoms with Crippen molar-refractivity contribution in [2.24, 2.45) is 0 Å².